The van der Waals surface area contributed by atoms with Gasteiger partial charge in [-0.15, -0.1) is 0 Å². The van der Waals surface area contributed by atoms with Crippen LogP contribution in [0.15, 0.2) is 0 Å². The molecule has 0 saturated heterocycles. The molecule has 110 valence electrons. The minimum absolute atomic E-state index is 0.0109. The van der Waals surface area contributed by atoms with Gasteiger partial charge in [0.25, 0.3) is 0 Å². The average molecular weight is 262 g/mol. The molecule has 0 aromatic rings. The number of Topliss-reactive ketones (excluding diaryl/α,β-unsaturated/α-hetero) is 1. The Morgan fingerprint density at radius 3 is 1.78 bits per heavy atom. The Hall–Kier alpha value is -0.940. The summed E-state index contributed by atoms with van der Waals surface area (Å²) >= 11 is 0. The highest BCUT2D eigenvalue weighted by molar-refractivity contribution is 5.87. The number of hydrogen-bond acceptors (Lipinski definition) is 4. The molecule has 0 aromatic heterocycles. The monoisotopic (exact) mass is 262 g/mol. The van der Waals surface area contributed by atoms with Crippen molar-refractivity contribution < 1.29 is 14.7 Å². The molecular weight excluding hydrogens is 232 g/mol. The van der Waals surface area contributed by atoms with Gasteiger partial charge < -0.3 is 15.7 Å². The third-order valence-electron chi connectivity index (χ3n) is 1.36. The summed E-state index contributed by atoms with van der Waals surface area (Å²) in [6.45, 7) is 11.6. The minimum Gasteiger partial charge on any atom is -0.394 e. The second kappa shape index (κ2) is 16.1. The summed E-state index contributed by atoms with van der Waals surface area (Å²) in [6.07, 6.45) is 0. The molecule has 5 heteroatoms. The van der Waals surface area contributed by atoms with Crippen molar-refractivity contribution in [1.82, 2.24) is 10.6 Å². The Labute approximate surface area is 111 Å². The predicted molar refractivity (Wildman–Crippen MR) is 75.5 cm³/mol. The van der Waals surface area contributed by atoms with Gasteiger partial charge in [0.15, 0.2) is 0 Å². The van der Waals surface area contributed by atoms with Crippen LogP contribution >= 0.6 is 0 Å². The fourth-order valence-corrected chi connectivity index (χ4v) is 0.640. The van der Waals surface area contributed by atoms with Gasteiger partial charge in [-0.25, -0.2) is 0 Å². The number of rotatable bonds is 5. The van der Waals surface area contributed by atoms with Crippen molar-refractivity contribution in [2.24, 2.45) is 5.92 Å². The van der Waals surface area contributed by atoms with Gasteiger partial charge in [0.2, 0.25) is 5.91 Å². The lowest BCUT2D eigenvalue weighted by Gasteiger charge is -2.11. The zero-order valence-corrected chi connectivity index (χ0v) is 12.8. The van der Waals surface area contributed by atoms with E-state index in [0.717, 1.165) is 5.92 Å². The van der Waals surface area contributed by atoms with Gasteiger partial charge in [-0.2, -0.15) is 0 Å². The van der Waals surface area contributed by atoms with E-state index < -0.39 is 6.04 Å². The van der Waals surface area contributed by atoms with Crippen molar-refractivity contribution >= 4 is 11.7 Å². The first-order valence-electron chi connectivity index (χ1n) is 6.40. The molecule has 0 heterocycles. The third-order valence-corrected chi connectivity index (χ3v) is 1.36. The molecule has 0 radical (unpaired) electrons. The van der Waals surface area contributed by atoms with Crippen molar-refractivity contribution in [3.8, 4) is 0 Å². The number of aliphatic hydroxyl groups is 1. The van der Waals surface area contributed by atoms with Crippen LogP contribution in [-0.4, -0.2) is 43.0 Å². The molecule has 1 amide bonds. The summed E-state index contributed by atoms with van der Waals surface area (Å²) in [5, 5.41) is 13.6. The standard InChI is InChI=1S/C7H14N2O3.C4H10.C2H6/c1-5(11)3-9-7(12)6(4-10)8-2;1-4(2)3;1-2/h6,8,10H,3-4H2,1-2H3,(H,9,12);4H,1-3H3;1-2H3. The molecule has 0 aliphatic carbocycles. The van der Waals surface area contributed by atoms with Crippen LogP contribution in [0.25, 0.3) is 0 Å². The SMILES string of the molecule is CC.CC(C)C.CNC(CO)C(=O)NCC(C)=O. The molecule has 18 heavy (non-hydrogen) atoms. The van der Waals surface area contributed by atoms with Crippen LogP contribution in [0.4, 0.5) is 0 Å². The molecule has 1 atom stereocenters. The lowest BCUT2D eigenvalue weighted by Crippen LogP contribution is -2.46. The Kier molecular flexibility index (Phi) is 19.9. The maximum atomic E-state index is 11.0. The summed E-state index contributed by atoms with van der Waals surface area (Å²) in [4.78, 5) is 21.5. The van der Waals surface area contributed by atoms with Crippen molar-refractivity contribution in [1.29, 1.82) is 0 Å². The molecule has 0 spiro atoms. The molecule has 0 bridgehead atoms. The van der Waals surface area contributed by atoms with Crippen LogP contribution < -0.4 is 10.6 Å². The largest absolute Gasteiger partial charge is 0.394 e. The van der Waals surface area contributed by atoms with E-state index in [0.29, 0.717) is 0 Å². The zero-order valence-electron chi connectivity index (χ0n) is 12.8. The quantitative estimate of drug-likeness (QED) is 0.689. The van der Waals surface area contributed by atoms with E-state index in [1.54, 1.807) is 7.05 Å². The predicted octanol–water partition coefficient (Wildman–Crippen LogP) is 0.960. The van der Waals surface area contributed by atoms with Gasteiger partial charge in [-0.3, -0.25) is 9.59 Å². The van der Waals surface area contributed by atoms with Gasteiger partial charge in [0.1, 0.15) is 11.8 Å². The minimum atomic E-state index is -0.635. The summed E-state index contributed by atoms with van der Waals surface area (Å²) in [5.74, 6) is 0.353. The van der Waals surface area contributed by atoms with E-state index in [1.807, 2.05) is 13.8 Å². The number of nitrogens with one attached hydrogen (secondary N) is 2. The molecule has 0 saturated carbocycles. The van der Waals surface area contributed by atoms with Crippen LogP contribution in [0.5, 0.6) is 0 Å². The second-order valence-electron chi connectivity index (χ2n) is 4.18. The maximum absolute atomic E-state index is 11.0. The summed E-state index contributed by atoms with van der Waals surface area (Å²) < 4.78 is 0. The smallest absolute Gasteiger partial charge is 0.239 e. The van der Waals surface area contributed by atoms with Crippen molar-refractivity contribution in [3.63, 3.8) is 0 Å². The van der Waals surface area contributed by atoms with E-state index in [2.05, 4.69) is 31.4 Å². The average Bonchev–Trinajstić information content (AvgIpc) is 2.30. The number of likely N-dealkylation sites (N-methyl/N-ethyl adjacent to an activating group) is 1. The lowest BCUT2D eigenvalue weighted by atomic mass is 10.3. The van der Waals surface area contributed by atoms with Crippen molar-refractivity contribution in [2.45, 2.75) is 47.6 Å². The molecule has 0 aromatic carbocycles. The number of carbonyl (C=O) groups is 2. The molecule has 0 rings (SSSR count). The molecular formula is C13H30N2O3. The molecule has 5 nitrogen and oxygen atoms in total. The first kappa shape index (κ1) is 22.3. The summed E-state index contributed by atoms with van der Waals surface area (Å²) in [5.41, 5.74) is 0. The zero-order chi connectivity index (χ0) is 15.1. The molecule has 1 unspecified atom stereocenters. The Morgan fingerprint density at radius 2 is 1.56 bits per heavy atom. The topological polar surface area (TPSA) is 78.4 Å². The normalized spacial score (nSPS) is 10.5. The maximum Gasteiger partial charge on any atom is 0.239 e. The fourth-order valence-electron chi connectivity index (χ4n) is 0.640. The van der Waals surface area contributed by atoms with E-state index in [-0.39, 0.29) is 24.8 Å². The number of amides is 1. The van der Waals surface area contributed by atoms with Crippen LogP contribution in [0.2, 0.25) is 0 Å². The molecule has 0 aliphatic heterocycles. The lowest BCUT2D eigenvalue weighted by molar-refractivity contribution is -0.126. The number of hydrogen-bond donors (Lipinski definition) is 3. The highest BCUT2D eigenvalue weighted by Crippen LogP contribution is 1.81. The Bertz CT molecular complexity index is 200. The highest BCUT2D eigenvalue weighted by atomic mass is 16.3. The van der Waals surface area contributed by atoms with E-state index in [1.165, 1.54) is 6.92 Å². The van der Waals surface area contributed by atoms with E-state index >= 15 is 0 Å². The van der Waals surface area contributed by atoms with Gasteiger partial charge >= 0.3 is 0 Å². The number of carbonyl (C=O) groups excluding carboxylic acids is 2. The summed E-state index contributed by atoms with van der Waals surface area (Å²) in [6, 6.07) is -0.635. The summed E-state index contributed by atoms with van der Waals surface area (Å²) in [7, 11) is 1.56. The molecule has 0 aliphatic rings. The first-order valence-corrected chi connectivity index (χ1v) is 6.40. The van der Waals surface area contributed by atoms with Crippen molar-refractivity contribution in [2.75, 3.05) is 20.2 Å². The Morgan fingerprint density at radius 1 is 1.17 bits per heavy atom. The molecule has 3 N–H and O–H groups in total. The van der Waals surface area contributed by atoms with Crippen LogP contribution in [0.3, 0.4) is 0 Å². The first-order chi connectivity index (χ1) is 8.34. The highest BCUT2D eigenvalue weighted by Gasteiger charge is 2.14. The van der Waals surface area contributed by atoms with E-state index in [4.69, 9.17) is 5.11 Å². The van der Waals surface area contributed by atoms with Gasteiger partial charge in [0, 0.05) is 0 Å². The van der Waals surface area contributed by atoms with Crippen LogP contribution in [0.1, 0.15) is 41.5 Å². The van der Waals surface area contributed by atoms with Gasteiger partial charge in [0.05, 0.1) is 13.2 Å². The molecule has 0 fully saturated rings. The van der Waals surface area contributed by atoms with Gasteiger partial charge in [-0.05, 0) is 19.9 Å². The third kappa shape index (κ3) is 20.5. The Balaban J connectivity index is -0.000000317. The van der Waals surface area contributed by atoms with Crippen molar-refractivity contribution in [3.05, 3.63) is 0 Å². The fraction of sp³-hybridized carbons (Fsp3) is 0.846. The number of ketones is 1. The van der Waals surface area contributed by atoms with E-state index in [9.17, 15) is 9.59 Å². The van der Waals surface area contributed by atoms with Crippen LogP contribution in [-0.2, 0) is 9.59 Å². The second-order valence-corrected chi connectivity index (χ2v) is 4.18. The van der Waals surface area contributed by atoms with Crippen LogP contribution in [0, 0.1) is 5.92 Å². The van der Waals surface area contributed by atoms with Gasteiger partial charge in [-0.1, -0.05) is 34.6 Å². The number of aliphatic hydroxyl groups excluding tert-OH is 1.